The second-order valence-electron chi connectivity index (χ2n) is 3.82. The Bertz CT molecular complexity index is 561. The van der Waals surface area contributed by atoms with Gasteiger partial charge in [0.2, 0.25) is 5.95 Å². The zero-order chi connectivity index (χ0) is 13.1. The van der Waals surface area contributed by atoms with E-state index in [0.29, 0.717) is 11.5 Å². The van der Waals surface area contributed by atoms with Crippen molar-refractivity contribution in [1.82, 2.24) is 14.8 Å². The van der Waals surface area contributed by atoms with Gasteiger partial charge < -0.3 is 5.73 Å². The number of nitrogens with zero attached hydrogens (tertiary/aromatic N) is 4. The summed E-state index contributed by atoms with van der Waals surface area (Å²) in [5.41, 5.74) is 6.45. The van der Waals surface area contributed by atoms with E-state index in [1.54, 1.807) is 12.1 Å². The van der Waals surface area contributed by atoms with E-state index in [1.807, 2.05) is 6.92 Å². The van der Waals surface area contributed by atoms with Gasteiger partial charge in [-0.05, 0) is 18.6 Å². The van der Waals surface area contributed by atoms with Crippen LogP contribution in [0.2, 0.25) is 0 Å². The molecule has 2 N–H and O–H groups in total. The van der Waals surface area contributed by atoms with Gasteiger partial charge in [0.15, 0.2) is 5.82 Å². The van der Waals surface area contributed by atoms with Crippen LogP contribution in [0.4, 0.5) is 11.6 Å². The second kappa shape index (κ2) is 4.82. The highest BCUT2D eigenvalue weighted by Gasteiger charge is 2.10. The standard InChI is InChI=1S/C11H13N5O2/c1-2-3-10-13-11(12)15(14-10)8-4-6-9(7-5-8)16(17)18/h4-7H,2-3H2,1H3,(H2,12,13,14). The van der Waals surface area contributed by atoms with Crippen molar-refractivity contribution >= 4 is 11.6 Å². The van der Waals surface area contributed by atoms with Gasteiger partial charge in [0, 0.05) is 18.6 Å². The van der Waals surface area contributed by atoms with Crippen molar-refractivity contribution in [2.24, 2.45) is 0 Å². The normalized spacial score (nSPS) is 10.5. The van der Waals surface area contributed by atoms with E-state index in [2.05, 4.69) is 10.1 Å². The number of aromatic nitrogens is 3. The zero-order valence-electron chi connectivity index (χ0n) is 9.91. The Morgan fingerprint density at radius 2 is 2.06 bits per heavy atom. The third-order valence-electron chi connectivity index (χ3n) is 2.45. The summed E-state index contributed by atoms with van der Waals surface area (Å²) in [6.07, 6.45) is 1.69. The Morgan fingerprint density at radius 3 is 2.61 bits per heavy atom. The van der Waals surface area contributed by atoms with E-state index < -0.39 is 4.92 Å². The van der Waals surface area contributed by atoms with Crippen LogP contribution >= 0.6 is 0 Å². The number of hydrogen-bond acceptors (Lipinski definition) is 5. The number of non-ortho nitro benzene ring substituents is 1. The maximum atomic E-state index is 10.6. The average Bonchev–Trinajstić information content (AvgIpc) is 2.71. The van der Waals surface area contributed by atoms with E-state index in [-0.39, 0.29) is 11.6 Å². The topological polar surface area (TPSA) is 99.9 Å². The summed E-state index contributed by atoms with van der Waals surface area (Å²) < 4.78 is 1.48. The molecule has 0 aliphatic rings. The van der Waals surface area contributed by atoms with Crippen LogP contribution in [0, 0.1) is 10.1 Å². The molecular weight excluding hydrogens is 234 g/mol. The van der Waals surface area contributed by atoms with Crippen LogP contribution in [0.3, 0.4) is 0 Å². The van der Waals surface area contributed by atoms with Crippen molar-refractivity contribution in [3.63, 3.8) is 0 Å². The van der Waals surface area contributed by atoms with Crippen LogP contribution in [0.5, 0.6) is 0 Å². The average molecular weight is 247 g/mol. The van der Waals surface area contributed by atoms with Crippen molar-refractivity contribution in [3.8, 4) is 5.69 Å². The lowest BCUT2D eigenvalue weighted by atomic mass is 10.3. The summed E-state index contributed by atoms with van der Waals surface area (Å²) in [6.45, 7) is 2.03. The molecule has 0 bridgehead atoms. The molecule has 0 unspecified atom stereocenters. The molecule has 0 atom stereocenters. The fourth-order valence-electron chi connectivity index (χ4n) is 1.60. The number of aryl methyl sites for hydroxylation is 1. The van der Waals surface area contributed by atoms with Gasteiger partial charge in [-0.3, -0.25) is 10.1 Å². The Morgan fingerprint density at radius 1 is 1.39 bits per heavy atom. The maximum absolute atomic E-state index is 10.6. The molecule has 0 amide bonds. The molecule has 0 fully saturated rings. The summed E-state index contributed by atoms with van der Waals surface area (Å²) in [5, 5.41) is 14.8. The number of hydrogen-bond donors (Lipinski definition) is 1. The van der Waals surface area contributed by atoms with Crippen molar-refractivity contribution in [1.29, 1.82) is 0 Å². The number of anilines is 1. The predicted octanol–water partition coefficient (Wildman–Crippen LogP) is 1.71. The third kappa shape index (κ3) is 2.29. The van der Waals surface area contributed by atoms with Gasteiger partial charge >= 0.3 is 0 Å². The van der Waals surface area contributed by atoms with Gasteiger partial charge in [0.05, 0.1) is 10.6 Å². The summed E-state index contributed by atoms with van der Waals surface area (Å²) in [6, 6.07) is 6.02. The van der Waals surface area contributed by atoms with Crippen LogP contribution in [0.15, 0.2) is 24.3 Å². The molecule has 0 saturated carbocycles. The number of rotatable bonds is 4. The number of benzene rings is 1. The first-order valence-corrected chi connectivity index (χ1v) is 5.58. The summed E-state index contributed by atoms with van der Waals surface area (Å²) >= 11 is 0. The van der Waals surface area contributed by atoms with Gasteiger partial charge in [0.1, 0.15) is 0 Å². The summed E-state index contributed by atoms with van der Waals surface area (Å²) in [5.74, 6) is 0.959. The van der Waals surface area contributed by atoms with Gasteiger partial charge in [-0.15, -0.1) is 5.10 Å². The first-order valence-electron chi connectivity index (χ1n) is 5.58. The molecular formula is C11H13N5O2. The third-order valence-corrected chi connectivity index (χ3v) is 2.45. The predicted molar refractivity (Wildman–Crippen MR) is 66.4 cm³/mol. The molecule has 0 spiro atoms. The lowest BCUT2D eigenvalue weighted by Crippen LogP contribution is -2.02. The highest BCUT2D eigenvalue weighted by atomic mass is 16.6. The van der Waals surface area contributed by atoms with Gasteiger partial charge in [-0.1, -0.05) is 6.92 Å². The molecule has 1 heterocycles. The quantitative estimate of drug-likeness (QED) is 0.654. The van der Waals surface area contributed by atoms with E-state index in [1.165, 1.54) is 16.8 Å². The molecule has 18 heavy (non-hydrogen) atoms. The fourth-order valence-corrected chi connectivity index (χ4v) is 1.60. The summed E-state index contributed by atoms with van der Waals surface area (Å²) in [7, 11) is 0. The van der Waals surface area contributed by atoms with Gasteiger partial charge in [-0.25, -0.2) is 0 Å². The highest BCUT2D eigenvalue weighted by molar-refractivity contribution is 5.43. The van der Waals surface area contributed by atoms with Gasteiger partial charge in [-0.2, -0.15) is 9.67 Å². The molecule has 0 radical (unpaired) electrons. The molecule has 0 aliphatic heterocycles. The van der Waals surface area contributed by atoms with Crippen LogP contribution < -0.4 is 5.73 Å². The first-order chi connectivity index (χ1) is 8.61. The molecule has 1 aromatic heterocycles. The SMILES string of the molecule is CCCc1nc(N)n(-c2ccc([N+](=O)[O-])cc2)n1. The minimum Gasteiger partial charge on any atom is -0.368 e. The Balaban J connectivity index is 2.33. The number of nitrogens with two attached hydrogens (primary N) is 1. The largest absolute Gasteiger partial charge is 0.368 e. The molecule has 1 aromatic carbocycles. The van der Waals surface area contributed by atoms with Crippen LogP contribution in [0.1, 0.15) is 19.2 Å². The highest BCUT2D eigenvalue weighted by Crippen LogP contribution is 2.17. The fraction of sp³-hybridized carbons (Fsp3) is 0.273. The van der Waals surface area contributed by atoms with Crippen molar-refractivity contribution in [3.05, 3.63) is 40.2 Å². The number of nitrogen functional groups attached to an aromatic ring is 1. The van der Waals surface area contributed by atoms with Crippen molar-refractivity contribution in [2.45, 2.75) is 19.8 Å². The molecule has 0 saturated heterocycles. The van der Waals surface area contributed by atoms with Crippen LogP contribution in [-0.4, -0.2) is 19.7 Å². The maximum Gasteiger partial charge on any atom is 0.269 e. The smallest absolute Gasteiger partial charge is 0.269 e. The minimum atomic E-state index is -0.447. The Labute approximate surface area is 103 Å². The molecule has 2 aromatic rings. The summed E-state index contributed by atoms with van der Waals surface area (Å²) in [4.78, 5) is 14.2. The zero-order valence-corrected chi connectivity index (χ0v) is 9.91. The van der Waals surface area contributed by atoms with E-state index in [4.69, 9.17) is 5.73 Å². The van der Waals surface area contributed by atoms with E-state index in [9.17, 15) is 10.1 Å². The first kappa shape index (κ1) is 12.0. The van der Waals surface area contributed by atoms with Crippen molar-refractivity contribution in [2.75, 3.05) is 5.73 Å². The number of nitro benzene ring substituents is 1. The second-order valence-corrected chi connectivity index (χ2v) is 3.82. The minimum absolute atomic E-state index is 0.0335. The Hall–Kier alpha value is -2.44. The van der Waals surface area contributed by atoms with Crippen molar-refractivity contribution < 1.29 is 4.92 Å². The number of nitro groups is 1. The molecule has 94 valence electrons. The molecule has 0 aliphatic carbocycles. The van der Waals surface area contributed by atoms with Gasteiger partial charge in [0.25, 0.3) is 5.69 Å². The lowest BCUT2D eigenvalue weighted by molar-refractivity contribution is -0.384. The van der Waals surface area contributed by atoms with E-state index in [0.717, 1.165) is 12.8 Å². The molecule has 7 heteroatoms. The molecule has 7 nitrogen and oxygen atoms in total. The van der Waals surface area contributed by atoms with Crippen LogP contribution in [-0.2, 0) is 6.42 Å². The van der Waals surface area contributed by atoms with Crippen LogP contribution in [0.25, 0.3) is 5.69 Å². The Kier molecular flexibility index (Phi) is 3.22. The lowest BCUT2D eigenvalue weighted by Gasteiger charge is -2.01. The molecule has 2 rings (SSSR count). The monoisotopic (exact) mass is 247 g/mol. The van der Waals surface area contributed by atoms with E-state index >= 15 is 0 Å².